The molecular formula is C17H30N2O4. The van der Waals surface area contributed by atoms with E-state index >= 15 is 0 Å². The molecule has 0 bridgehead atoms. The highest BCUT2D eigenvalue weighted by atomic mass is 16.5. The summed E-state index contributed by atoms with van der Waals surface area (Å²) in [6, 6.07) is -0.676. The van der Waals surface area contributed by atoms with E-state index in [9.17, 15) is 14.7 Å². The molecule has 0 aliphatic carbocycles. The van der Waals surface area contributed by atoms with Crippen LogP contribution in [0.4, 0.5) is 4.79 Å². The van der Waals surface area contributed by atoms with Crippen molar-refractivity contribution in [3.63, 3.8) is 0 Å². The van der Waals surface area contributed by atoms with E-state index in [4.69, 9.17) is 4.74 Å². The van der Waals surface area contributed by atoms with Crippen molar-refractivity contribution in [3.8, 4) is 0 Å². The Bertz CT molecular complexity index is 452. The fraction of sp³-hybridized carbons (Fsp3) is 0.765. The smallest absolute Gasteiger partial charge is 0.407 e. The van der Waals surface area contributed by atoms with Gasteiger partial charge in [-0.25, -0.2) is 4.79 Å². The average Bonchev–Trinajstić information content (AvgIpc) is 2.89. The van der Waals surface area contributed by atoms with Gasteiger partial charge in [0.1, 0.15) is 0 Å². The summed E-state index contributed by atoms with van der Waals surface area (Å²) in [5.41, 5.74) is -0.608. The first-order valence-electron chi connectivity index (χ1n) is 8.23. The molecule has 0 radical (unpaired) electrons. The number of ether oxygens (including phenoxy) is 1. The lowest BCUT2D eigenvalue weighted by atomic mass is 9.84. The van der Waals surface area contributed by atoms with Crippen molar-refractivity contribution >= 4 is 12.0 Å². The van der Waals surface area contributed by atoms with Crippen LogP contribution in [0.25, 0.3) is 0 Å². The molecule has 4 unspecified atom stereocenters. The molecule has 1 fully saturated rings. The Morgan fingerprint density at radius 1 is 1.52 bits per heavy atom. The highest BCUT2D eigenvalue weighted by Gasteiger charge is 2.47. The van der Waals surface area contributed by atoms with Crippen molar-refractivity contribution < 1.29 is 19.4 Å². The largest absolute Gasteiger partial charge is 0.465 e. The predicted molar refractivity (Wildman–Crippen MR) is 89.4 cm³/mol. The Morgan fingerprint density at radius 2 is 2.17 bits per heavy atom. The normalized spacial score (nSPS) is 25.3. The second-order valence-electron chi connectivity index (χ2n) is 6.47. The van der Waals surface area contributed by atoms with Gasteiger partial charge in [0.25, 0.3) is 0 Å². The first-order chi connectivity index (χ1) is 10.8. The van der Waals surface area contributed by atoms with Gasteiger partial charge in [-0.2, -0.15) is 0 Å². The Balaban J connectivity index is 3.17. The highest BCUT2D eigenvalue weighted by molar-refractivity contribution is 5.74. The number of allylic oxidation sites excluding steroid dienone is 1. The Hall–Kier alpha value is -1.56. The van der Waals surface area contributed by atoms with Gasteiger partial charge in [0.2, 0.25) is 5.91 Å². The lowest BCUT2D eigenvalue weighted by molar-refractivity contribution is -0.124. The summed E-state index contributed by atoms with van der Waals surface area (Å²) >= 11 is 0. The summed E-state index contributed by atoms with van der Waals surface area (Å²) in [6.07, 6.45) is 5.34. The number of likely N-dealkylation sites (tertiary alicyclic amines) is 1. The minimum absolute atomic E-state index is 0.167. The number of rotatable bonds is 7. The average molecular weight is 326 g/mol. The van der Waals surface area contributed by atoms with Crippen LogP contribution in [0, 0.1) is 5.92 Å². The maximum absolute atomic E-state index is 11.7. The zero-order valence-electron chi connectivity index (χ0n) is 14.8. The Kier molecular flexibility index (Phi) is 7.06. The van der Waals surface area contributed by atoms with Crippen molar-refractivity contribution in [1.29, 1.82) is 0 Å². The zero-order chi connectivity index (χ0) is 17.6. The molecule has 1 aliphatic heterocycles. The molecule has 1 rings (SSSR count). The summed E-state index contributed by atoms with van der Waals surface area (Å²) in [5.74, 6) is -0.00529. The number of nitrogens with one attached hydrogen (secondary N) is 1. The van der Waals surface area contributed by atoms with Crippen LogP contribution in [-0.2, 0) is 9.53 Å². The second-order valence-corrected chi connectivity index (χ2v) is 6.47. The summed E-state index contributed by atoms with van der Waals surface area (Å²) in [7, 11) is 1.62. The molecule has 2 amide bonds. The van der Waals surface area contributed by atoms with Crippen molar-refractivity contribution in [2.45, 2.75) is 64.6 Å². The molecule has 1 aliphatic rings. The Morgan fingerprint density at radius 3 is 2.61 bits per heavy atom. The first-order valence-corrected chi connectivity index (χ1v) is 8.23. The molecular weight excluding hydrogens is 296 g/mol. The van der Waals surface area contributed by atoms with Crippen molar-refractivity contribution in [1.82, 2.24) is 10.2 Å². The van der Waals surface area contributed by atoms with Gasteiger partial charge in [-0.05, 0) is 32.6 Å². The maximum atomic E-state index is 11.7. The number of hydrogen-bond donors (Lipinski definition) is 2. The molecule has 2 N–H and O–H groups in total. The van der Waals surface area contributed by atoms with Crippen LogP contribution in [0.1, 0.15) is 47.0 Å². The van der Waals surface area contributed by atoms with Gasteiger partial charge in [-0.1, -0.05) is 25.5 Å². The third-order valence-electron chi connectivity index (χ3n) is 4.70. The topological polar surface area (TPSA) is 78.9 Å². The van der Waals surface area contributed by atoms with Gasteiger partial charge in [-0.15, -0.1) is 0 Å². The number of carbonyl (C=O) groups excluding carboxylic acids is 1. The molecule has 0 saturated carbocycles. The van der Waals surface area contributed by atoms with Gasteiger partial charge in [0.15, 0.2) is 0 Å². The molecule has 132 valence electrons. The maximum Gasteiger partial charge on any atom is 0.407 e. The molecule has 1 saturated heterocycles. The van der Waals surface area contributed by atoms with E-state index in [2.05, 4.69) is 5.32 Å². The highest BCUT2D eigenvalue weighted by Crippen LogP contribution is 2.34. The van der Waals surface area contributed by atoms with Gasteiger partial charge in [-0.3, -0.25) is 4.79 Å². The quantitative estimate of drug-likeness (QED) is 0.705. The van der Waals surface area contributed by atoms with Crippen molar-refractivity contribution in [3.05, 3.63) is 12.2 Å². The summed E-state index contributed by atoms with van der Waals surface area (Å²) < 4.78 is 5.72. The molecule has 6 heteroatoms. The third kappa shape index (κ3) is 4.70. The molecule has 0 spiro atoms. The molecule has 0 aromatic rings. The fourth-order valence-corrected chi connectivity index (χ4v) is 3.60. The predicted octanol–water partition coefficient (Wildman–Crippen LogP) is 2.64. The number of carboxylic acid groups (broad SMARTS) is 1. The molecule has 0 aromatic heterocycles. The van der Waals surface area contributed by atoms with Crippen LogP contribution < -0.4 is 5.32 Å². The van der Waals surface area contributed by atoms with Gasteiger partial charge in [0, 0.05) is 20.6 Å². The van der Waals surface area contributed by atoms with Crippen molar-refractivity contribution in [2.24, 2.45) is 5.92 Å². The number of hydrogen-bond acceptors (Lipinski definition) is 3. The van der Waals surface area contributed by atoms with Crippen LogP contribution >= 0.6 is 0 Å². The van der Waals surface area contributed by atoms with E-state index in [0.717, 1.165) is 12.8 Å². The summed E-state index contributed by atoms with van der Waals surface area (Å²) in [5, 5.41) is 12.5. The van der Waals surface area contributed by atoms with E-state index < -0.39 is 11.7 Å². The molecule has 6 nitrogen and oxygen atoms in total. The van der Waals surface area contributed by atoms with Crippen LogP contribution in [0.15, 0.2) is 12.2 Å². The van der Waals surface area contributed by atoms with E-state index in [-0.39, 0.29) is 23.9 Å². The SMILES string of the molecule is C/C=C\C1CC(C(NC(C)=O)C(C)(CCC)OC)N(C(=O)O)C1. The monoisotopic (exact) mass is 326 g/mol. The fourth-order valence-electron chi connectivity index (χ4n) is 3.60. The van der Waals surface area contributed by atoms with E-state index in [1.807, 2.05) is 32.9 Å². The molecule has 23 heavy (non-hydrogen) atoms. The minimum Gasteiger partial charge on any atom is -0.465 e. The van der Waals surface area contributed by atoms with Gasteiger partial charge >= 0.3 is 6.09 Å². The lowest BCUT2D eigenvalue weighted by Gasteiger charge is -2.42. The Labute approximate surface area is 138 Å². The zero-order valence-corrected chi connectivity index (χ0v) is 14.8. The summed E-state index contributed by atoms with van der Waals surface area (Å²) in [4.78, 5) is 24.8. The number of nitrogens with zero attached hydrogens (tertiary/aromatic N) is 1. The lowest BCUT2D eigenvalue weighted by Crippen LogP contribution is -2.61. The van der Waals surface area contributed by atoms with Gasteiger partial charge in [0.05, 0.1) is 17.7 Å². The minimum atomic E-state index is -0.952. The standard InChI is InChI=1S/C17H30N2O4/c1-6-8-13-10-14(19(11-13)16(21)22)15(18-12(3)20)17(4,23-5)9-7-2/h6,8,13-15H,7,9-11H2,1-5H3,(H,18,20)(H,21,22)/b8-6-. The van der Waals surface area contributed by atoms with Crippen LogP contribution in [0.2, 0.25) is 0 Å². The number of amides is 2. The molecule has 0 aromatic carbocycles. The first kappa shape index (κ1) is 19.5. The van der Waals surface area contributed by atoms with Crippen LogP contribution in [0.5, 0.6) is 0 Å². The molecule has 4 atom stereocenters. The van der Waals surface area contributed by atoms with Crippen molar-refractivity contribution in [2.75, 3.05) is 13.7 Å². The second kappa shape index (κ2) is 8.34. The molecule has 1 heterocycles. The van der Waals surface area contributed by atoms with Gasteiger partial charge < -0.3 is 20.1 Å². The van der Waals surface area contributed by atoms with E-state index in [1.54, 1.807) is 7.11 Å². The number of methoxy groups -OCH3 is 1. The third-order valence-corrected chi connectivity index (χ3v) is 4.70. The summed E-state index contributed by atoms with van der Waals surface area (Å²) in [6.45, 7) is 7.83. The van der Waals surface area contributed by atoms with Crippen LogP contribution in [-0.4, -0.2) is 53.3 Å². The van der Waals surface area contributed by atoms with Crippen LogP contribution in [0.3, 0.4) is 0 Å². The number of carbonyl (C=O) groups is 2. The van der Waals surface area contributed by atoms with E-state index in [0.29, 0.717) is 13.0 Å². The van der Waals surface area contributed by atoms with E-state index in [1.165, 1.54) is 11.8 Å².